The molecular formula is C27H43N2O8P. The van der Waals surface area contributed by atoms with Crippen molar-refractivity contribution in [2.75, 3.05) is 6.61 Å². The Kier molecular flexibility index (Phi) is 14.6. The first-order chi connectivity index (χ1) is 18.2. The number of nitrogens with one attached hydrogen (secondary N) is 1. The van der Waals surface area contributed by atoms with Crippen molar-refractivity contribution < 1.29 is 33.0 Å². The van der Waals surface area contributed by atoms with Crippen molar-refractivity contribution in [1.29, 1.82) is 0 Å². The molecule has 1 heterocycles. The van der Waals surface area contributed by atoms with Crippen LogP contribution in [0.3, 0.4) is 0 Å². The normalized spacial score (nSPS) is 22.3. The summed E-state index contributed by atoms with van der Waals surface area (Å²) in [7, 11) is -4.22. The van der Waals surface area contributed by atoms with Crippen LogP contribution in [0.1, 0.15) is 103 Å². The molecule has 0 spiro atoms. The number of phosphoric ester groups is 1. The highest BCUT2D eigenvalue weighted by molar-refractivity contribution is 7.47. The molecule has 214 valence electrons. The number of carbonyl (C=O) groups excluding carboxylic acids is 1. The van der Waals surface area contributed by atoms with Crippen molar-refractivity contribution >= 4 is 19.6 Å². The van der Waals surface area contributed by atoms with Gasteiger partial charge < -0.3 is 14.9 Å². The third-order valence-electron chi connectivity index (χ3n) is 6.53. The van der Waals surface area contributed by atoms with Crippen LogP contribution >= 0.6 is 7.82 Å². The molecule has 1 saturated heterocycles. The molecule has 2 unspecified atom stereocenters. The average Bonchev–Trinajstić information content (AvgIpc) is 2.88. The molecule has 11 heteroatoms. The Morgan fingerprint density at radius 1 is 1.16 bits per heavy atom. The Morgan fingerprint density at radius 2 is 1.76 bits per heavy atom. The zero-order valence-electron chi connectivity index (χ0n) is 22.6. The maximum absolute atomic E-state index is 12.5. The van der Waals surface area contributed by atoms with Gasteiger partial charge in [0.1, 0.15) is 12.2 Å². The van der Waals surface area contributed by atoms with E-state index in [-0.39, 0.29) is 17.9 Å². The first-order valence-electron chi connectivity index (χ1n) is 13.8. The van der Waals surface area contributed by atoms with Crippen LogP contribution < -0.4 is 5.32 Å². The standard InChI is InChI=1S/C27H43N2O8P/c1-3-4-5-6-7-8-9-10-11-12-13-14-15-20-26-24(21-35-38(33,34)37-26)28-27(30)36-22(2)23-18-16-17-19-25(23)29(31)32/h15-20,22,24,26H,3-14,21H2,1-2H3,(H,28,30)(H,33,34)/b20-15+/t22?,24-,26+/m0/s1. The lowest BCUT2D eigenvalue weighted by Crippen LogP contribution is -2.49. The molecule has 0 saturated carbocycles. The largest absolute Gasteiger partial charge is 0.472 e. The zero-order valence-corrected chi connectivity index (χ0v) is 23.5. The van der Waals surface area contributed by atoms with Crippen LogP contribution in [0.25, 0.3) is 0 Å². The number of para-hydroxylation sites is 1. The van der Waals surface area contributed by atoms with Crippen LogP contribution in [0, 0.1) is 10.1 Å². The number of hydrogen-bond acceptors (Lipinski definition) is 7. The van der Waals surface area contributed by atoms with Crippen LogP contribution in [0.5, 0.6) is 0 Å². The van der Waals surface area contributed by atoms with E-state index in [1.165, 1.54) is 82.9 Å². The van der Waals surface area contributed by atoms with Gasteiger partial charge in [-0.3, -0.25) is 19.2 Å². The van der Waals surface area contributed by atoms with E-state index < -0.39 is 37.1 Å². The average molecular weight is 555 g/mol. The number of hydrogen-bond donors (Lipinski definition) is 2. The van der Waals surface area contributed by atoms with Gasteiger partial charge in [-0.2, -0.15) is 0 Å². The summed E-state index contributed by atoms with van der Waals surface area (Å²) in [5.74, 6) is 0. The van der Waals surface area contributed by atoms with Crippen molar-refractivity contribution in [1.82, 2.24) is 5.32 Å². The van der Waals surface area contributed by atoms with Crippen LogP contribution in [0.2, 0.25) is 0 Å². The van der Waals surface area contributed by atoms with E-state index in [1.807, 2.05) is 6.08 Å². The lowest BCUT2D eigenvalue weighted by Gasteiger charge is -2.32. The van der Waals surface area contributed by atoms with E-state index >= 15 is 0 Å². The predicted octanol–water partition coefficient (Wildman–Crippen LogP) is 7.52. The maximum Gasteiger partial charge on any atom is 0.472 e. The van der Waals surface area contributed by atoms with E-state index in [4.69, 9.17) is 13.8 Å². The smallest absolute Gasteiger partial charge is 0.441 e. The number of carbonyl (C=O) groups is 1. The SMILES string of the molecule is CCCCCCCCCCCCC/C=C/[C@H]1OP(=O)(O)OC[C@@H]1NC(=O)OC(C)c1ccccc1[N+](=O)[O-]. The minimum Gasteiger partial charge on any atom is -0.441 e. The van der Waals surface area contributed by atoms with Gasteiger partial charge >= 0.3 is 13.9 Å². The van der Waals surface area contributed by atoms with Gasteiger partial charge in [0, 0.05) is 6.07 Å². The molecule has 0 bridgehead atoms. The maximum atomic E-state index is 12.5. The van der Waals surface area contributed by atoms with E-state index in [0.29, 0.717) is 0 Å². The molecule has 0 radical (unpaired) electrons. The number of unbranched alkanes of at least 4 members (excludes halogenated alkanes) is 11. The predicted molar refractivity (Wildman–Crippen MR) is 146 cm³/mol. The summed E-state index contributed by atoms with van der Waals surface area (Å²) in [4.78, 5) is 33.0. The number of nitro groups is 1. The Bertz CT molecular complexity index is 941. The molecule has 0 aliphatic carbocycles. The zero-order chi connectivity index (χ0) is 27.8. The molecule has 10 nitrogen and oxygen atoms in total. The van der Waals surface area contributed by atoms with Crippen molar-refractivity contribution in [3.05, 3.63) is 52.1 Å². The fourth-order valence-electron chi connectivity index (χ4n) is 4.38. The Morgan fingerprint density at radius 3 is 2.39 bits per heavy atom. The molecule has 1 aliphatic heterocycles. The number of nitro benzene ring substituents is 1. The molecule has 38 heavy (non-hydrogen) atoms. The highest BCUT2D eigenvalue weighted by Crippen LogP contribution is 2.48. The minimum atomic E-state index is -4.22. The summed E-state index contributed by atoms with van der Waals surface area (Å²) in [5, 5.41) is 13.8. The summed E-state index contributed by atoms with van der Waals surface area (Å²) in [6.07, 6.45) is 15.5. The molecule has 1 aromatic carbocycles. The summed E-state index contributed by atoms with van der Waals surface area (Å²) >= 11 is 0. The Labute approximate surface area is 225 Å². The molecule has 2 N–H and O–H groups in total. The Balaban J connectivity index is 1.75. The second-order valence-electron chi connectivity index (χ2n) is 9.70. The fourth-order valence-corrected chi connectivity index (χ4v) is 5.32. The number of benzene rings is 1. The van der Waals surface area contributed by atoms with Crippen molar-refractivity contribution in [2.45, 2.75) is 109 Å². The molecule has 1 amide bonds. The van der Waals surface area contributed by atoms with Gasteiger partial charge in [-0.15, -0.1) is 0 Å². The second kappa shape index (κ2) is 17.4. The summed E-state index contributed by atoms with van der Waals surface area (Å²) < 4.78 is 27.3. The molecule has 4 atom stereocenters. The third kappa shape index (κ3) is 12.1. The van der Waals surface area contributed by atoms with E-state index in [2.05, 4.69) is 12.2 Å². The van der Waals surface area contributed by atoms with Gasteiger partial charge in [0.05, 0.1) is 23.1 Å². The van der Waals surface area contributed by atoms with Gasteiger partial charge in [-0.05, 0) is 25.8 Å². The fraction of sp³-hybridized carbons (Fsp3) is 0.667. The lowest BCUT2D eigenvalue weighted by atomic mass is 10.0. The topological polar surface area (TPSA) is 137 Å². The van der Waals surface area contributed by atoms with E-state index in [1.54, 1.807) is 12.1 Å². The number of phosphoric acid groups is 1. The molecule has 0 aromatic heterocycles. The van der Waals surface area contributed by atoms with E-state index in [0.717, 1.165) is 19.3 Å². The number of allylic oxidation sites excluding steroid dienone is 1. The van der Waals surface area contributed by atoms with Crippen LogP contribution in [-0.4, -0.2) is 34.7 Å². The monoisotopic (exact) mass is 554 g/mol. The van der Waals surface area contributed by atoms with Crippen molar-refractivity contribution in [3.63, 3.8) is 0 Å². The Hall–Kier alpha value is -2.26. The summed E-state index contributed by atoms with van der Waals surface area (Å²) in [6.45, 7) is 3.52. The highest BCUT2D eigenvalue weighted by atomic mass is 31.2. The molecular weight excluding hydrogens is 511 g/mol. The van der Waals surface area contributed by atoms with Gasteiger partial charge in [-0.1, -0.05) is 95.4 Å². The van der Waals surface area contributed by atoms with Gasteiger partial charge in [0.25, 0.3) is 5.69 Å². The quantitative estimate of drug-likeness (QED) is 0.0663. The highest BCUT2D eigenvalue weighted by Gasteiger charge is 2.38. The van der Waals surface area contributed by atoms with Crippen LogP contribution in [0.15, 0.2) is 36.4 Å². The lowest BCUT2D eigenvalue weighted by molar-refractivity contribution is -0.386. The first kappa shape index (κ1) is 32.0. The van der Waals surface area contributed by atoms with Crippen LogP contribution in [-0.2, 0) is 18.3 Å². The van der Waals surface area contributed by atoms with Gasteiger partial charge in [-0.25, -0.2) is 9.36 Å². The second-order valence-corrected chi connectivity index (χ2v) is 11.1. The summed E-state index contributed by atoms with van der Waals surface area (Å²) in [6, 6.07) is 5.25. The molecule has 1 aromatic rings. The number of rotatable bonds is 17. The minimum absolute atomic E-state index is 0.151. The van der Waals surface area contributed by atoms with Crippen molar-refractivity contribution in [3.8, 4) is 0 Å². The van der Waals surface area contributed by atoms with Crippen molar-refractivity contribution in [2.24, 2.45) is 0 Å². The van der Waals surface area contributed by atoms with Gasteiger partial charge in [0.2, 0.25) is 0 Å². The molecule has 1 fully saturated rings. The summed E-state index contributed by atoms with van der Waals surface area (Å²) in [5.41, 5.74) is 0.105. The third-order valence-corrected chi connectivity index (χ3v) is 7.51. The number of alkyl carbamates (subject to hydrolysis) is 1. The van der Waals surface area contributed by atoms with Gasteiger partial charge in [0.15, 0.2) is 0 Å². The number of ether oxygens (including phenoxy) is 1. The number of amides is 1. The first-order valence-corrected chi connectivity index (χ1v) is 15.3. The molecule has 2 rings (SSSR count). The molecule has 1 aliphatic rings. The van der Waals surface area contributed by atoms with Crippen LogP contribution in [0.4, 0.5) is 10.5 Å². The number of nitrogens with zero attached hydrogens (tertiary/aromatic N) is 1. The van der Waals surface area contributed by atoms with E-state index in [9.17, 15) is 24.4 Å².